The van der Waals surface area contributed by atoms with E-state index in [0.717, 1.165) is 11.3 Å². The summed E-state index contributed by atoms with van der Waals surface area (Å²) in [4.78, 5) is 20.1. The molecule has 0 aliphatic carbocycles. The van der Waals surface area contributed by atoms with Crippen LogP contribution in [0.5, 0.6) is 11.5 Å². The van der Waals surface area contributed by atoms with Crippen LogP contribution in [0.4, 0.5) is 5.69 Å². The van der Waals surface area contributed by atoms with Crippen LogP contribution in [0.2, 0.25) is 0 Å². The van der Waals surface area contributed by atoms with Crippen molar-refractivity contribution < 1.29 is 19.0 Å². The van der Waals surface area contributed by atoms with Crippen LogP contribution in [0.25, 0.3) is 6.08 Å². The van der Waals surface area contributed by atoms with Gasteiger partial charge < -0.3 is 14.2 Å². The number of hydrogen-bond donors (Lipinski definition) is 0. The Morgan fingerprint density at radius 2 is 2.03 bits per heavy atom. The minimum absolute atomic E-state index is 0.0940. The van der Waals surface area contributed by atoms with Crippen molar-refractivity contribution in [2.45, 2.75) is 6.42 Å². The summed E-state index contributed by atoms with van der Waals surface area (Å²) >= 11 is 4.85. The minimum atomic E-state index is -0.0940. The molecule has 6 nitrogen and oxygen atoms in total. The number of terminal acetylenes is 1. The Morgan fingerprint density at radius 3 is 2.72 bits per heavy atom. The van der Waals surface area contributed by atoms with Crippen molar-refractivity contribution in [3.8, 4) is 23.8 Å². The number of carbonyl (C=O) groups excluding carboxylic acids is 1. The van der Waals surface area contributed by atoms with E-state index in [4.69, 9.17) is 20.6 Å². The number of nitrogens with zero attached hydrogens (tertiary/aromatic N) is 2. The summed E-state index contributed by atoms with van der Waals surface area (Å²) in [7, 11) is 3.20. The maximum absolute atomic E-state index is 13.2. The van der Waals surface area contributed by atoms with E-state index in [2.05, 4.69) is 26.8 Å². The van der Waals surface area contributed by atoms with Gasteiger partial charge >= 0.3 is 0 Å². The molecule has 0 unspecified atom stereocenters. The molecule has 1 heterocycles. The van der Waals surface area contributed by atoms with E-state index < -0.39 is 0 Å². The zero-order valence-electron chi connectivity index (χ0n) is 17.8. The van der Waals surface area contributed by atoms with Crippen LogP contribution < -0.4 is 9.47 Å². The quantitative estimate of drug-likeness (QED) is 0.264. The molecule has 1 saturated heterocycles. The van der Waals surface area contributed by atoms with Crippen LogP contribution in [-0.4, -0.2) is 50.0 Å². The molecule has 1 aliphatic heterocycles. The van der Waals surface area contributed by atoms with Gasteiger partial charge in [-0.1, -0.05) is 24.1 Å². The first-order valence-electron chi connectivity index (χ1n) is 9.85. The summed E-state index contributed by atoms with van der Waals surface area (Å²) in [6, 6.07) is 13.2. The Kier molecular flexibility index (Phi) is 8.80. The van der Waals surface area contributed by atoms with Gasteiger partial charge in [-0.2, -0.15) is 0 Å². The van der Waals surface area contributed by atoms with Crippen molar-refractivity contribution in [1.29, 1.82) is 0 Å². The molecule has 0 saturated carbocycles. The third-order valence-corrected chi connectivity index (χ3v) is 6.04. The number of hydrogen-bond acceptors (Lipinski definition) is 6. The van der Waals surface area contributed by atoms with Gasteiger partial charge in [0.2, 0.25) is 0 Å². The van der Waals surface area contributed by atoms with Gasteiger partial charge in [0.25, 0.3) is 5.91 Å². The highest BCUT2D eigenvalue weighted by Gasteiger charge is 2.33. The molecule has 3 rings (SSSR count). The van der Waals surface area contributed by atoms with Crippen LogP contribution in [0.3, 0.4) is 0 Å². The van der Waals surface area contributed by atoms with Crippen molar-refractivity contribution in [2.75, 3.05) is 34.0 Å². The van der Waals surface area contributed by atoms with Crippen molar-refractivity contribution in [1.82, 2.24) is 4.90 Å². The molecule has 1 amide bonds. The van der Waals surface area contributed by atoms with Gasteiger partial charge in [0.15, 0.2) is 16.7 Å². The van der Waals surface area contributed by atoms with Gasteiger partial charge in [0, 0.05) is 20.3 Å². The summed E-state index contributed by atoms with van der Waals surface area (Å²) in [6.07, 6.45) is 7.83. The van der Waals surface area contributed by atoms with Gasteiger partial charge in [-0.15, -0.1) is 6.42 Å². The number of thioether (sulfide) groups is 1. The van der Waals surface area contributed by atoms with Gasteiger partial charge in [-0.05, 0) is 70.0 Å². The number of benzene rings is 2. The third-order valence-electron chi connectivity index (χ3n) is 4.45. The van der Waals surface area contributed by atoms with Crippen molar-refractivity contribution >= 4 is 50.5 Å². The van der Waals surface area contributed by atoms with Crippen LogP contribution in [-0.2, 0) is 9.53 Å². The number of para-hydroxylation sites is 1. The fourth-order valence-electron chi connectivity index (χ4n) is 3.00. The summed E-state index contributed by atoms with van der Waals surface area (Å²) in [5.41, 5.74) is 1.58. The average molecular weight is 515 g/mol. The molecular weight excluding hydrogens is 492 g/mol. The first kappa shape index (κ1) is 23.9. The molecule has 166 valence electrons. The molecule has 2 aromatic rings. The summed E-state index contributed by atoms with van der Waals surface area (Å²) in [6.45, 7) is 1.21. The van der Waals surface area contributed by atoms with Crippen molar-refractivity contribution in [2.24, 2.45) is 4.99 Å². The Balaban J connectivity index is 1.93. The summed E-state index contributed by atoms with van der Waals surface area (Å²) in [5, 5.41) is 0.642. The Bertz CT molecular complexity index is 1060. The third kappa shape index (κ3) is 5.94. The number of rotatable bonds is 9. The second-order valence-electron chi connectivity index (χ2n) is 6.67. The van der Waals surface area contributed by atoms with Crippen molar-refractivity contribution in [3.05, 3.63) is 57.4 Å². The van der Waals surface area contributed by atoms with Crippen LogP contribution >= 0.6 is 27.7 Å². The van der Waals surface area contributed by atoms with E-state index in [1.54, 1.807) is 25.2 Å². The average Bonchev–Trinajstić information content (AvgIpc) is 3.07. The van der Waals surface area contributed by atoms with Gasteiger partial charge in [0.1, 0.15) is 6.61 Å². The predicted molar refractivity (Wildman–Crippen MR) is 132 cm³/mol. The standard InChI is InChI=1S/C24H23BrN2O4S/c1-4-12-31-22-19(25)14-17(15-20(22)30-3)16-21-23(28)27(11-8-13-29-2)24(32-21)26-18-9-6-5-7-10-18/h1,5-7,9-10,14-16H,8,11-13H2,2-3H3/b21-16-,26-24?. The van der Waals surface area contributed by atoms with Gasteiger partial charge in [-0.25, -0.2) is 4.99 Å². The smallest absolute Gasteiger partial charge is 0.266 e. The summed E-state index contributed by atoms with van der Waals surface area (Å²) in [5.74, 6) is 3.38. The zero-order valence-corrected chi connectivity index (χ0v) is 20.2. The molecule has 0 aromatic heterocycles. The first-order valence-corrected chi connectivity index (χ1v) is 11.5. The lowest BCUT2D eigenvalue weighted by molar-refractivity contribution is -0.122. The van der Waals surface area contributed by atoms with E-state index in [0.29, 0.717) is 45.6 Å². The maximum Gasteiger partial charge on any atom is 0.266 e. The van der Waals surface area contributed by atoms with Crippen LogP contribution in [0.1, 0.15) is 12.0 Å². The second kappa shape index (κ2) is 11.8. The minimum Gasteiger partial charge on any atom is -0.493 e. The molecule has 2 aromatic carbocycles. The normalized spacial score (nSPS) is 15.9. The SMILES string of the molecule is C#CCOc1c(Br)cc(/C=C2\SC(=Nc3ccccc3)N(CCCOC)C2=O)cc1OC. The maximum atomic E-state index is 13.2. The lowest BCUT2D eigenvalue weighted by Crippen LogP contribution is -2.30. The molecule has 0 N–H and O–H groups in total. The predicted octanol–water partition coefficient (Wildman–Crippen LogP) is 5.11. The highest BCUT2D eigenvalue weighted by molar-refractivity contribution is 9.10. The van der Waals surface area contributed by atoms with Gasteiger partial charge in [-0.3, -0.25) is 9.69 Å². The lowest BCUT2D eigenvalue weighted by Gasteiger charge is -2.15. The molecule has 1 aliphatic rings. The van der Waals surface area contributed by atoms with Crippen LogP contribution in [0.15, 0.2) is 56.8 Å². The highest BCUT2D eigenvalue weighted by Crippen LogP contribution is 2.39. The number of aliphatic imine (C=N–C) groups is 1. The fraction of sp³-hybridized carbons (Fsp3) is 0.250. The highest BCUT2D eigenvalue weighted by atomic mass is 79.9. The molecule has 8 heteroatoms. The number of amides is 1. The van der Waals surface area contributed by atoms with Crippen LogP contribution in [0, 0.1) is 12.3 Å². The van der Waals surface area contributed by atoms with E-state index >= 15 is 0 Å². The Labute approximate surface area is 200 Å². The molecular formula is C24H23BrN2O4S. The number of carbonyl (C=O) groups is 1. The van der Waals surface area contributed by atoms with E-state index in [-0.39, 0.29) is 12.5 Å². The number of amidine groups is 1. The number of halogens is 1. The molecule has 0 spiro atoms. The van der Waals surface area contributed by atoms with E-state index in [1.165, 1.54) is 11.8 Å². The van der Waals surface area contributed by atoms with E-state index in [1.807, 2.05) is 42.5 Å². The molecule has 0 bridgehead atoms. The fourth-order valence-corrected chi connectivity index (χ4v) is 4.60. The molecule has 0 atom stereocenters. The molecule has 0 radical (unpaired) electrons. The molecule has 32 heavy (non-hydrogen) atoms. The Hall–Kier alpha value is -2.73. The van der Waals surface area contributed by atoms with Crippen molar-refractivity contribution in [3.63, 3.8) is 0 Å². The topological polar surface area (TPSA) is 60.4 Å². The molecule has 1 fully saturated rings. The Morgan fingerprint density at radius 1 is 1.25 bits per heavy atom. The first-order chi connectivity index (χ1) is 15.6. The lowest BCUT2D eigenvalue weighted by atomic mass is 10.2. The second-order valence-corrected chi connectivity index (χ2v) is 8.53. The number of ether oxygens (including phenoxy) is 3. The largest absolute Gasteiger partial charge is 0.493 e. The van der Waals surface area contributed by atoms with Gasteiger partial charge in [0.05, 0.1) is 22.2 Å². The number of methoxy groups -OCH3 is 2. The monoisotopic (exact) mass is 514 g/mol. The summed E-state index contributed by atoms with van der Waals surface area (Å²) < 4.78 is 16.9. The zero-order chi connectivity index (χ0) is 22.9. The van der Waals surface area contributed by atoms with E-state index in [9.17, 15) is 4.79 Å².